The lowest BCUT2D eigenvalue weighted by molar-refractivity contribution is -0.156. The average molecular weight is 456 g/mol. The van der Waals surface area contributed by atoms with Crippen LogP contribution in [0.4, 0.5) is 4.79 Å². The van der Waals surface area contributed by atoms with Gasteiger partial charge in [0.15, 0.2) is 0 Å². The van der Waals surface area contributed by atoms with E-state index in [0.717, 1.165) is 5.56 Å². The molecule has 0 aliphatic carbocycles. The molecule has 0 heterocycles. The number of alkyl carbamates (subject to hydrolysis) is 1. The Labute approximate surface area is 192 Å². The summed E-state index contributed by atoms with van der Waals surface area (Å²) in [4.78, 5) is 49.6. The smallest absolute Gasteiger partial charge is 0.408 e. The molecule has 2 atom stereocenters. The summed E-state index contributed by atoms with van der Waals surface area (Å²) in [5.41, 5.74) is 5.88. The predicted octanol–water partition coefficient (Wildman–Crippen LogP) is 2.36. The van der Waals surface area contributed by atoms with Crippen molar-refractivity contribution < 1.29 is 28.7 Å². The van der Waals surface area contributed by atoms with E-state index >= 15 is 0 Å². The van der Waals surface area contributed by atoms with Crippen LogP contribution in [0.5, 0.6) is 0 Å². The van der Waals surface area contributed by atoms with Crippen LogP contribution in [0.2, 0.25) is 0 Å². The molecule has 33 heavy (non-hydrogen) atoms. The summed E-state index contributed by atoms with van der Waals surface area (Å²) in [5, 5.41) is 4.86. The fourth-order valence-electron chi connectivity index (χ4n) is 2.87. The van der Waals surface area contributed by atoms with Gasteiger partial charge in [0, 0.05) is 0 Å². The van der Waals surface area contributed by atoms with Gasteiger partial charge in [0.1, 0.15) is 24.3 Å². The number of benzene rings is 2. The first kappa shape index (κ1) is 25.4. The van der Waals surface area contributed by atoms with Gasteiger partial charge >= 0.3 is 12.1 Å². The lowest BCUT2D eigenvalue weighted by Crippen LogP contribution is -2.51. The molecule has 3 amide bonds. The second-order valence-corrected chi connectivity index (χ2v) is 8.30. The van der Waals surface area contributed by atoms with Crippen LogP contribution >= 0.6 is 0 Å². The first-order chi connectivity index (χ1) is 15.5. The molecule has 2 aromatic rings. The monoisotopic (exact) mass is 455 g/mol. The first-order valence-electron chi connectivity index (χ1n) is 10.4. The standard InChI is InChI=1S/C24H29N3O6/c1-24(2,3)33-19(28)14-18(26-23(31)32-15-16-10-6-4-7-11-16)22(30)27-20(21(25)29)17-12-8-5-9-13-17/h4-13,18,20H,14-15H2,1-3H3,(H2,25,29)(H,26,31)(H,27,30)/t18-,20+/m0/s1. The van der Waals surface area contributed by atoms with Crippen molar-refractivity contribution in [3.63, 3.8) is 0 Å². The summed E-state index contributed by atoms with van der Waals surface area (Å²) in [7, 11) is 0. The van der Waals surface area contributed by atoms with Crippen LogP contribution in [0, 0.1) is 0 Å². The van der Waals surface area contributed by atoms with Crippen molar-refractivity contribution >= 4 is 23.9 Å². The lowest BCUT2D eigenvalue weighted by atomic mass is 10.1. The molecular formula is C24H29N3O6. The maximum atomic E-state index is 12.9. The summed E-state index contributed by atoms with van der Waals surface area (Å²) in [5.74, 6) is -2.29. The van der Waals surface area contributed by atoms with Gasteiger partial charge in [-0.1, -0.05) is 60.7 Å². The van der Waals surface area contributed by atoms with Crippen LogP contribution in [0.25, 0.3) is 0 Å². The average Bonchev–Trinajstić information content (AvgIpc) is 2.75. The Kier molecular flexibility index (Phi) is 8.97. The number of rotatable bonds is 9. The first-order valence-corrected chi connectivity index (χ1v) is 10.4. The Balaban J connectivity index is 2.12. The van der Waals surface area contributed by atoms with Crippen LogP contribution < -0.4 is 16.4 Å². The van der Waals surface area contributed by atoms with Crippen molar-refractivity contribution in [2.24, 2.45) is 5.73 Å². The van der Waals surface area contributed by atoms with Crippen LogP contribution in [0.3, 0.4) is 0 Å². The van der Waals surface area contributed by atoms with E-state index in [2.05, 4.69) is 10.6 Å². The Morgan fingerprint density at radius 3 is 2.03 bits per heavy atom. The molecule has 2 rings (SSSR count). The van der Waals surface area contributed by atoms with E-state index in [4.69, 9.17) is 15.2 Å². The molecule has 0 saturated heterocycles. The third-order valence-corrected chi connectivity index (χ3v) is 4.32. The van der Waals surface area contributed by atoms with E-state index in [1.165, 1.54) is 0 Å². The highest BCUT2D eigenvalue weighted by Gasteiger charge is 2.30. The summed E-state index contributed by atoms with van der Waals surface area (Å²) >= 11 is 0. The molecule has 0 bridgehead atoms. The van der Waals surface area contributed by atoms with E-state index in [9.17, 15) is 19.2 Å². The van der Waals surface area contributed by atoms with Crippen molar-refractivity contribution in [3.8, 4) is 0 Å². The number of ether oxygens (including phenoxy) is 2. The third kappa shape index (κ3) is 9.02. The van der Waals surface area contributed by atoms with E-state index < -0.39 is 48.0 Å². The van der Waals surface area contributed by atoms with Gasteiger partial charge in [-0.3, -0.25) is 14.4 Å². The molecule has 0 aromatic heterocycles. The zero-order chi connectivity index (χ0) is 24.4. The molecule has 9 heteroatoms. The number of hydrogen-bond acceptors (Lipinski definition) is 6. The maximum Gasteiger partial charge on any atom is 0.408 e. The zero-order valence-corrected chi connectivity index (χ0v) is 18.9. The Morgan fingerprint density at radius 1 is 0.909 bits per heavy atom. The van der Waals surface area contributed by atoms with Crippen LogP contribution in [-0.4, -0.2) is 35.5 Å². The molecule has 176 valence electrons. The zero-order valence-electron chi connectivity index (χ0n) is 18.9. The minimum Gasteiger partial charge on any atom is -0.460 e. The Bertz CT molecular complexity index is 957. The summed E-state index contributed by atoms with van der Waals surface area (Å²) < 4.78 is 10.4. The molecule has 2 aromatic carbocycles. The quantitative estimate of drug-likeness (QED) is 0.497. The fraction of sp³-hybridized carbons (Fsp3) is 0.333. The van der Waals surface area contributed by atoms with Gasteiger partial charge in [-0.2, -0.15) is 0 Å². The highest BCUT2D eigenvalue weighted by atomic mass is 16.6. The highest BCUT2D eigenvalue weighted by Crippen LogP contribution is 2.14. The predicted molar refractivity (Wildman–Crippen MR) is 121 cm³/mol. The van der Waals surface area contributed by atoms with Crippen molar-refractivity contribution in [1.29, 1.82) is 0 Å². The van der Waals surface area contributed by atoms with Crippen LogP contribution in [0.1, 0.15) is 44.4 Å². The molecule has 0 saturated carbocycles. The van der Waals surface area contributed by atoms with Gasteiger partial charge in [-0.05, 0) is 31.9 Å². The SMILES string of the molecule is CC(C)(C)OC(=O)C[C@H](NC(=O)OCc1ccccc1)C(=O)N[C@@H](C(N)=O)c1ccccc1. The minimum absolute atomic E-state index is 0.0264. The number of carbonyl (C=O) groups is 4. The molecule has 0 fully saturated rings. The highest BCUT2D eigenvalue weighted by molar-refractivity contribution is 5.93. The van der Waals surface area contributed by atoms with Crippen LogP contribution in [0.15, 0.2) is 60.7 Å². The molecule has 0 aliphatic heterocycles. The minimum atomic E-state index is -1.35. The van der Waals surface area contributed by atoms with E-state index in [0.29, 0.717) is 5.56 Å². The molecule has 0 unspecified atom stereocenters. The normalized spacial score (nSPS) is 12.7. The maximum absolute atomic E-state index is 12.9. The van der Waals surface area contributed by atoms with Crippen LogP contribution in [-0.2, 0) is 30.5 Å². The van der Waals surface area contributed by atoms with Crippen molar-refractivity contribution in [1.82, 2.24) is 10.6 Å². The van der Waals surface area contributed by atoms with Crippen molar-refractivity contribution in [3.05, 3.63) is 71.8 Å². The Morgan fingerprint density at radius 2 is 1.48 bits per heavy atom. The van der Waals surface area contributed by atoms with Gasteiger partial charge in [0.25, 0.3) is 0 Å². The largest absolute Gasteiger partial charge is 0.460 e. The fourth-order valence-corrected chi connectivity index (χ4v) is 2.87. The number of nitrogens with two attached hydrogens (primary N) is 1. The lowest BCUT2D eigenvalue weighted by Gasteiger charge is -2.24. The number of hydrogen-bond donors (Lipinski definition) is 3. The van der Waals surface area contributed by atoms with Gasteiger partial charge in [0.05, 0.1) is 6.42 Å². The number of esters is 1. The second-order valence-electron chi connectivity index (χ2n) is 8.30. The number of amides is 3. The van der Waals surface area contributed by atoms with E-state index in [-0.39, 0.29) is 6.61 Å². The number of primary amides is 1. The third-order valence-electron chi connectivity index (χ3n) is 4.32. The number of nitrogens with one attached hydrogen (secondary N) is 2. The van der Waals surface area contributed by atoms with E-state index in [1.807, 2.05) is 6.07 Å². The second kappa shape index (κ2) is 11.7. The molecule has 4 N–H and O–H groups in total. The summed E-state index contributed by atoms with van der Waals surface area (Å²) in [6.07, 6.45) is -1.37. The molecule has 9 nitrogen and oxygen atoms in total. The van der Waals surface area contributed by atoms with Crippen molar-refractivity contribution in [2.75, 3.05) is 0 Å². The molecule has 0 radical (unpaired) electrons. The van der Waals surface area contributed by atoms with Crippen molar-refractivity contribution in [2.45, 2.75) is 51.5 Å². The molecular weight excluding hydrogens is 426 g/mol. The molecule has 0 spiro atoms. The van der Waals surface area contributed by atoms with Gasteiger partial charge in [-0.25, -0.2) is 4.79 Å². The van der Waals surface area contributed by atoms with Gasteiger partial charge in [0.2, 0.25) is 11.8 Å². The Hall–Kier alpha value is -3.88. The molecule has 0 aliphatic rings. The van der Waals surface area contributed by atoms with Gasteiger partial charge in [-0.15, -0.1) is 0 Å². The van der Waals surface area contributed by atoms with Gasteiger partial charge < -0.3 is 25.8 Å². The number of carbonyl (C=O) groups excluding carboxylic acids is 4. The summed E-state index contributed by atoms with van der Waals surface area (Å²) in [6, 6.07) is 14.8. The topological polar surface area (TPSA) is 137 Å². The van der Waals surface area contributed by atoms with E-state index in [1.54, 1.807) is 75.4 Å². The summed E-state index contributed by atoms with van der Waals surface area (Å²) in [6.45, 7) is 5.02.